The van der Waals surface area contributed by atoms with Crippen LogP contribution in [0.2, 0.25) is 0 Å². The van der Waals surface area contributed by atoms with Crippen molar-refractivity contribution in [3.8, 4) is 22.8 Å². The van der Waals surface area contributed by atoms with Crippen molar-refractivity contribution >= 4 is 46.0 Å². The fraction of sp³-hybridized carbons (Fsp3) is 0.486. The monoisotopic (exact) mass is 676 g/mol. The molecular weight excluding hydrogens is 628 g/mol. The number of nitrogens with one attached hydrogen (secondary N) is 1. The maximum atomic E-state index is 14.4. The molecule has 0 spiro atoms. The number of carbonyl (C=O) groups excluding carboxylic acids is 3. The van der Waals surface area contributed by atoms with Crippen molar-refractivity contribution in [2.75, 3.05) is 19.9 Å². The fourth-order valence-electron chi connectivity index (χ4n) is 5.72. The van der Waals surface area contributed by atoms with E-state index in [1.54, 1.807) is 32.8 Å². The summed E-state index contributed by atoms with van der Waals surface area (Å²) >= 11 is 1.42. The Bertz CT molecular complexity index is 1610. The van der Waals surface area contributed by atoms with Crippen LogP contribution < -0.4 is 14.8 Å². The number of ether oxygens (including phenoxy) is 3. The molecule has 1 aliphatic heterocycles. The molecule has 1 aromatic heterocycles. The molecule has 2 aromatic carbocycles. The Hall–Kier alpha value is -4.12. The van der Waals surface area contributed by atoms with E-state index in [0.29, 0.717) is 29.4 Å². The first kappa shape index (κ1) is 36.7. The highest BCUT2D eigenvalue weighted by Gasteiger charge is 2.43. The van der Waals surface area contributed by atoms with Crippen LogP contribution in [0.15, 0.2) is 59.6 Å². The van der Waals surface area contributed by atoms with Gasteiger partial charge in [0.15, 0.2) is 0 Å². The Kier molecular flexibility index (Phi) is 12.5. The summed E-state index contributed by atoms with van der Waals surface area (Å²) in [5.41, 5.74) is 1.68. The van der Waals surface area contributed by atoms with E-state index >= 15 is 0 Å². The molecule has 0 aliphatic carbocycles. The second-order valence-electron chi connectivity index (χ2n) is 13.3. The van der Waals surface area contributed by atoms with E-state index in [1.165, 1.54) is 11.8 Å². The minimum absolute atomic E-state index is 0.226. The lowest BCUT2D eigenvalue weighted by Gasteiger charge is -2.32. The van der Waals surface area contributed by atoms with E-state index < -0.39 is 35.9 Å². The van der Waals surface area contributed by atoms with E-state index in [1.807, 2.05) is 81.6 Å². The van der Waals surface area contributed by atoms with Gasteiger partial charge in [-0.3, -0.25) is 9.79 Å². The predicted molar refractivity (Wildman–Crippen MR) is 192 cm³/mol. The molecule has 0 radical (unpaired) electrons. The lowest BCUT2D eigenvalue weighted by atomic mass is 10.0. The Labute approximate surface area is 288 Å². The van der Waals surface area contributed by atoms with Crippen molar-refractivity contribution in [1.29, 1.82) is 0 Å². The molecule has 2 heterocycles. The largest absolute Gasteiger partial charge is 0.497 e. The van der Waals surface area contributed by atoms with E-state index in [2.05, 4.69) is 5.32 Å². The van der Waals surface area contributed by atoms with Gasteiger partial charge in [-0.2, -0.15) is 0 Å². The van der Waals surface area contributed by atoms with Gasteiger partial charge in [-0.1, -0.05) is 57.5 Å². The molecule has 258 valence electrons. The summed E-state index contributed by atoms with van der Waals surface area (Å²) in [5.74, 6) is 0.821. The van der Waals surface area contributed by atoms with Gasteiger partial charge in [0.2, 0.25) is 5.91 Å². The SMILES string of the molecule is CCC[C@@H](C=O)N=C(SC)[C@@H]1C[C@@H](Oc2cc(-c3ccccc3)nc3cc(OC)ccc23)CN1C(=O)C(NC(=O)OC(C)(C)C)C(C)C. The van der Waals surface area contributed by atoms with Gasteiger partial charge in [0, 0.05) is 29.5 Å². The zero-order valence-corrected chi connectivity index (χ0v) is 30.0. The maximum absolute atomic E-state index is 14.4. The second-order valence-corrected chi connectivity index (χ2v) is 14.1. The fourth-order valence-corrected chi connectivity index (χ4v) is 6.46. The van der Waals surface area contributed by atoms with Gasteiger partial charge in [0.25, 0.3) is 0 Å². The first-order valence-electron chi connectivity index (χ1n) is 16.4. The molecule has 3 aromatic rings. The summed E-state index contributed by atoms with van der Waals surface area (Å²) in [6, 6.07) is 15.7. The molecule has 4 atom stereocenters. The molecular formula is C37H48N4O6S. The average Bonchev–Trinajstić information content (AvgIpc) is 3.47. The van der Waals surface area contributed by atoms with Crippen LogP contribution in [0.4, 0.5) is 4.79 Å². The Morgan fingerprint density at radius 1 is 1.15 bits per heavy atom. The number of aldehydes is 1. The summed E-state index contributed by atoms with van der Waals surface area (Å²) in [6.07, 6.45) is 3.54. The van der Waals surface area contributed by atoms with Gasteiger partial charge in [0.1, 0.15) is 41.6 Å². The van der Waals surface area contributed by atoms with Crippen LogP contribution in [0.25, 0.3) is 22.2 Å². The van der Waals surface area contributed by atoms with Gasteiger partial charge in [-0.15, -0.1) is 11.8 Å². The molecule has 0 bridgehead atoms. The molecule has 48 heavy (non-hydrogen) atoms. The molecule has 1 aliphatic rings. The Morgan fingerprint density at radius 2 is 1.88 bits per heavy atom. The molecule has 2 amide bonds. The Morgan fingerprint density at radius 3 is 2.48 bits per heavy atom. The highest BCUT2D eigenvalue weighted by Crippen LogP contribution is 2.35. The number of rotatable bonds is 12. The standard InChI is InChI=1S/C37H48N4O6S/c1-9-13-25(22-42)38-34(48-8)31-19-27(21-41(31)35(43)33(23(2)3)40-36(44)47-37(4,5)6)46-32-20-29(24-14-11-10-12-15-24)39-30-18-26(45-7)16-17-28(30)32/h10-12,14-18,20,22-23,25,27,31,33H,9,13,19,21H2,1-8H3,(H,40,44)/t25-,27+,31-,33?/m0/s1. The lowest BCUT2D eigenvalue weighted by Crippen LogP contribution is -2.54. The van der Waals surface area contributed by atoms with Crippen molar-refractivity contribution < 1.29 is 28.6 Å². The van der Waals surface area contributed by atoms with Crippen molar-refractivity contribution in [3.05, 3.63) is 54.6 Å². The third kappa shape index (κ3) is 9.27. The number of methoxy groups -OCH3 is 1. The number of hydrogen-bond donors (Lipinski definition) is 1. The average molecular weight is 677 g/mol. The molecule has 10 nitrogen and oxygen atoms in total. The number of alkyl carbamates (subject to hydrolysis) is 1. The van der Waals surface area contributed by atoms with Gasteiger partial charge in [0.05, 0.1) is 36.0 Å². The van der Waals surface area contributed by atoms with Crippen LogP contribution in [0.1, 0.15) is 60.8 Å². The van der Waals surface area contributed by atoms with Crippen LogP contribution in [0, 0.1) is 5.92 Å². The zero-order valence-electron chi connectivity index (χ0n) is 29.2. The summed E-state index contributed by atoms with van der Waals surface area (Å²) < 4.78 is 17.8. The number of thioether (sulfide) groups is 1. The number of nitrogens with zero attached hydrogens (tertiary/aromatic N) is 3. The number of carbonyl (C=O) groups is 3. The third-order valence-corrected chi connectivity index (χ3v) is 8.82. The number of aromatic nitrogens is 1. The summed E-state index contributed by atoms with van der Waals surface area (Å²) in [4.78, 5) is 50.6. The van der Waals surface area contributed by atoms with Gasteiger partial charge in [-0.25, -0.2) is 9.78 Å². The minimum Gasteiger partial charge on any atom is -0.497 e. The number of pyridine rings is 1. The highest BCUT2D eigenvalue weighted by molar-refractivity contribution is 8.13. The molecule has 0 saturated carbocycles. The van der Waals surface area contributed by atoms with Crippen molar-refractivity contribution in [1.82, 2.24) is 15.2 Å². The number of hydrogen-bond acceptors (Lipinski definition) is 9. The van der Waals surface area contributed by atoms with E-state index in [4.69, 9.17) is 24.2 Å². The van der Waals surface area contributed by atoms with Crippen LogP contribution in [-0.2, 0) is 14.3 Å². The van der Waals surface area contributed by atoms with Gasteiger partial charge >= 0.3 is 6.09 Å². The van der Waals surface area contributed by atoms with Crippen LogP contribution in [0.5, 0.6) is 11.5 Å². The number of fused-ring (bicyclic) bond motifs is 1. The number of benzene rings is 2. The number of aliphatic imine (C=N–C) groups is 1. The molecule has 4 rings (SSSR count). The summed E-state index contributed by atoms with van der Waals surface area (Å²) in [6.45, 7) is 11.4. The van der Waals surface area contributed by atoms with E-state index in [-0.39, 0.29) is 18.4 Å². The van der Waals surface area contributed by atoms with Crippen LogP contribution in [0.3, 0.4) is 0 Å². The van der Waals surface area contributed by atoms with E-state index in [9.17, 15) is 14.4 Å². The van der Waals surface area contributed by atoms with Gasteiger partial charge < -0.3 is 29.2 Å². The molecule has 1 N–H and O–H groups in total. The molecule has 1 fully saturated rings. The lowest BCUT2D eigenvalue weighted by molar-refractivity contribution is -0.134. The quantitative estimate of drug-likeness (QED) is 0.125. The van der Waals surface area contributed by atoms with Crippen LogP contribution >= 0.6 is 11.8 Å². The molecule has 1 unspecified atom stereocenters. The zero-order chi connectivity index (χ0) is 35.0. The minimum atomic E-state index is -0.847. The highest BCUT2D eigenvalue weighted by atomic mass is 32.2. The summed E-state index contributed by atoms with van der Waals surface area (Å²) in [5, 5.41) is 4.29. The first-order chi connectivity index (χ1) is 22.9. The van der Waals surface area contributed by atoms with Crippen molar-refractivity contribution in [3.63, 3.8) is 0 Å². The molecule has 11 heteroatoms. The van der Waals surface area contributed by atoms with E-state index in [0.717, 1.165) is 34.9 Å². The van der Waals surface area contributed by atoms with Crippen molar-refractivity contribution in [2.24, 2.45) is 10.9 Å². The topological polar surface area (TPSA) is 119 Å². The van der Waals surface area contributed by atoms with Crippen molar-refractivity contribution in [2.45, 2.75) is 90.6 Å². The predicted octanol–water partition coefficient (Wildman–Crippen LogP) is 6.94. The third-order valence-electron chi connectivity index (χ3n) is 8.02. The van der Waals surface area contributed by atoms with Crippen LogP contribution in [-0.4, -0.2) is 83.0 Å². The molecule has 1 saturated heterocycles. The normalized spacial score (nSPS) is 18.0. The Balaban J connectivity index is 1.74. The second kappa shape index (κ2) is 16.3. The first-order valence-corrected chi connectivity index (χ1v) is 17.7. The number of amides is 2. The smallest absolute Gasteiger partial charge is 0.408 e. The summed E-state index contributed by atoms with van der Waals surface area (Å²) in [7, 11) is 1.62. The van der Waals surface area contributed by atoms with Gasteiger partial charge in [-0.05, 0) is 51.5 Å². The number of likely N-dealkylation sites (tertiary alicyclic amines) is 1. The maximum Gasteiger partial charge on any atom is 0.408 e.